The summed E-state index contributed by atoms with van der Waals surface area (Å²) in [5.74, 6) is 0.833. The maximum atomic E-state index is 12.1. The first-order valence-electron chi connectivity index (χ1n) is 9.62. The number of rotatable bonds is 0. The summed E-state index contributed by atoms with van der Waals surface area (Å²) >= 11 is 0. The van der Waals surface area contributed by atoms with Crippen LogP contribution in [0.3, 0.4) is 0 Å². The summed E-state index contributed by atoms with van der Waals surface area (Å²) in [6, 6.07) is 0. The van der Waals surface area contributed by atoms with Gasteiger partial charge in [-0.1, -0.05) is 26.8 Å². The molecule has 0 aliphatic carbocycles. The van der Waals surface area contributed by atoms with Crippen molar-refractivity contribution in [2.45, 2.75) is 89.3 Å². The molecule has 4 heteroatoms. The molecule has 4 heterocycles. The van der Waals surface area contributed by atoms with Crippen LogP contribution in [0.5, 0.6) is 0 Å². The molecule has 0 amide bonds. The fourth-order valence-corrected chi connectivity index (χ4v) is 5.25. The van der Waals surface area contributed by atoms with Crippen molar-refractivity contribution in [3.05, 3.63) is 12.2 Å². The van der Waals surface area contributed by atoms with Crippen molar-refractivity contribution < 1.29 is 19.0 Å². The molecule has 0 aromatic rings. The molecule has 4 aliphatic heterocycles. The average Bonchev–Trinajstić information content (AvgIpc) is 3.08. The van der Waals surface area contributed by atoms with E-state index in [1.165, 1.54) is 12.8 Å². The first-order chi connectivity index (χ1) is 11.4. The van der Waals surface area contributed by atoms with E-state index in [2.05, 4.69) is 27.4 Å². The van der Waals surface area contributed by atoms with Gasteiger partial charge in [0.25, 0.3) is 0 Å². The van der Waals surface area contributed by atoms with E-state index in [-0.39, 0.29) is 35.8 Å². The van der Waals surface area contributed by atoms with Crippen LogP contribution in [0.25, 0.3) is 0 Å². The highest BCUT2D eigenvalue weighted by Gasteiger charge is 2.55. The molecule has 0 radical (unpaired) electrons. The maximum Gasteiger partial charge on any atom is 0.334 e. The van der Waals surface area contributed by atoms with E-state index >= 15 is 0 Å². The van der Waals surface area contributed by atoms with Crippen LogP contribution in [-0.2, 0) is 19.0 Å². The third kappa shape index (κ3) is 2.53. The Morgan fingerprint density at radius 3 is 2.67 bits per heavy atom. The lowest BCUT2D eigenvalue weighted by Gasteiger charge is -2.45. The minimum Gasteiger partial charge on any atom is -0.456 e. The second-order valence-electron chi connectivity index (χ2n) is 8.72. The molecule has 4 fully saturated rings. The predicted molar refractivity (Wildman–Crippen MR) is 90.5 cm³/mol. The fraction of sp³-hybridized carbons (Fsp3) is 0.850. The number of esters is 1. The Morgan fingerprint density at radius 1 is 1.12 bits per heavy atom. The first kappa shape index (κ1) is 16.6. The lowest BCUT2D eigenvalue weighted by Crippen LogP contribution is -2.54. The van der Waals surface area contributed by atoms with Gasteiger partial charge in [-0.15, -0.1) is 0 Å². The zero-order valence-electron chi connectivity index (χ0n) is 15.1. The highest BCUT2D eigenvalue weighted by Crippen LogP contribution is 2.48. The number of carbonyl (C=O) groups is 1. The Hall–Kier alpha value is -0.870. The molecule has 0 unspecified atom stereocenters. The molecule has 4 aliphatic rings. The number of carbonyl (C=O) groups excluding carboxylic acids is 1. The van der Waals surface area contributed by atoms with Crippen molar-refractivity contribution in [3.8, 4) is 0 Å². The van der Waals surface area contributed by atoms with Crippen LogP contribution in [0.1, 0.15) is 59.3 Å². The Morgan fingerprint density at radius 2 is 1.88 bits per heavy atom. The summed E-state index contributed by atoms with van der Waals surface area (Å²) < 4.78 is 18.8. The fourth-order valence-electron chi connectivity index (χ4n) is 5.25. The Kier molecular flexibility index (Phi) is 4.04. The van der Waals surface area contributed by atoms with E-state index in [0.717, 1.165) is 25.7 Å². The summed E-state index contributed by atoms with van der Waals surface area (Å²) in [6.45, 7) is 10.8. The van der Waals surface area contributed by atoms with Gasteiger partial charge in [0.05, 0.1) is 23.9 Å². The lowest BCUT2D eigenvalue weighted by atomic mass is 9.76. The average molecular weight is 334 g/mol. The van der Waals surface area contributed by atoms with Crippen LogP contribution in [-0.4, -0.2) is 36.0 Å². The van der Waals surface area contributed by atoms with Gasteiger partial charge in [0, 0.05) is 11.5 Å². The molecule has 0 saturated carbocycles. The third-order valence-electron chi connectivity index (χ3n) is 7.00. The molecular formula is C20H30O4. The highest BCUT2D eigenvalue weighted by atomic mass is 16.6. The first-order valence-corrected chi connectivity index (χ1v) is 9.62. The van der Waals surface area contributed by atoms with E-state index in [4.69, 9.17) is 14.2 Å². The van der Waals surface area contributed by atoms with Crippen LogP contribution in [0.4, 0.5) is 0 Å². The van der Waals surface area contributed by atoms with Crippen LogP contribution in [0.2, 0.25) is 0 Å². The van der Waals surface area contributed by atoms with Gasteiger partial charge in [-0.3, -0.25) is 0 Å². The Labute approximate surface area is 144 Å². The van der Waals surface area contributed by atoms with E-state index in [1.54, 1.807) is 0 Å². The number of hydrogen-bond donors (Lipinski definition) is 0. The number of ether oxygens (including phenoxy) is 3. The summed E-state index contributed by atoms with van der Waals surface area (Å²) in [5.41, 5.74) is 0.380. The molecule has 24 heavy (non-hydrogen) atoms. The van der Waals surface area contributed by atoms with Crippen LogP contribution < -0.4 is 0 Å². The number of hydrogen-bond acceptors (Lipinski definition) is 4. The van der Waals surface area contributed by atoms with Gasteiger partial charge < -0.3 is 14.2 Å². The summed E-state index contributed by atoms with van der Waals surface area (Å²) in [4.78, 5) is 12.1. The van der Waals surface area contributed by atoms with E-state index < -0.39 is 0 Å². The second kappa shape index (κ2) is 5.84. The van der Waals surface area contributed by atoms with Gasteiger partial charge in [-0.2, -0.15) is 0 Å². The molecule has 0 spiro atoms. The number of fused-ring (bicyclic) bond motifs is 7. The van der Waals surface area contributed by atoms with Gasteiger partial charge in [0.2, 0.25) is 0 Å². The molecule has 4 nitrogen and oxygen atoms in total. The topological polar surface area (TPSA) is 44.8 Å². The highest BCUT2D eigenvalue weighted by molar-refractivity contribution is 5.91. The van der Waals surface area contributed by atoms with Gasteiger partial charge in [-0.25, -0.2) is 4.79 Å². The third-order valence-corrected chi connectivity index (χ3v) is 7.00. The SMILES string of the molecule is C=C1C(=O)O[C@H]2[C@H]3O[C@@H](C[C@@H]12)[C@@]1(C)CC[C@H](O1)[C@@H](C)CCC[C@@H]3C. The molecule has 8 atom stereocenters. The lowest BCUT2D eigenvalue weighted by molar-refractivity contribution is -0.216. The summed E-state index contributed by atoms with van der Waals surface area (Å²) in [5, 5.41) is 0. The quantitative estimate of drug-likeness (QED) is 0.501. The normalized spacial score (nSPS) is 51.7. The van der Waals surface area contributed by atoms with Gasteiger partial charge in [-0.05, 0) is 50.9 Å². The van der Waals surface area contributed by atoms with E-state index in [1.807, 2.05) is 0 Å². The van der Waals surface area contributed by atoms with Crippen molar-refractivity contribution in [2.24, 2.45) is 17.8 Å². The molecule has 4 saturated heterocycles. The summed E-state index contributed by atoms with van der Waals surface area (Å²) in [6.07, 6.45) is 6.59. The van der Waals surface area contributed by atoms with Crippen LogP contribution in [0, 0.1) is 17.8 Å². The minimum absolute atomic E-state index is 0.0211. The van der Waals surface area contributed by atoms with Crippen molar-refractivity contribution in [2.75, 3.05) is 0 Å². The maximum absolute atomic E-state index is 12.1. The minimum atomic E-state index is -0.252. The van der Waals surface area contributed by atoms with Crippen molar-refractivity contribution in [3.63, 3.8) is 0 Å². The van der Waals surface area contributed by atoms with Gasteiger partial charge in [0.15, 0.2) is 0 Å². The van der Waals surface area contributed by atoms with Crippen LogP contribution >= 0.6 is 0 Å². The van der Waals surface area contributed by atoms with E-state index in [9.17, 15) is 4.79 Å². The van der Waals surface area contributed by atoms with Gasteiger partial charge >= 0.3 is 5.97 Å². The van der Waals surface area contributed by atoms with E-state index in [0.29, 0.717) is 23.5 Å². The molecule has 134 valence electrons. The second-order valence-corrected chi connectivity index (χ2v) is 8.72. The van der Waals surface area contributed by atoms with Crippen molar-refractivity contribution in [1.82, 2.24) is 0 Å². The Bertz CT molecular complexity index is 544. The largest absolute Gasteiger partial charge is 0.456 e. The molecule has 4 bridgehead atoms. The monoisotopic (exact) mass is 334 g/mol. The molecular weight excluding hydrogens is 304 g/mol. The standard InChI is InChI=1S/C20H30O4/c1-11-6-5-7-12(2)17-18-14(13(3)19(21)23-18)10-16(22-17)20(4)9-8-15(11)24-20/h11-12,14-18H,3,5-10H2,1-2,4H3/t11-,12-,14-,15-,16-,17-,18+,20+/m0/s1. The Balaban J connectivity index is 1.67. The smallest absolute Gasteiger partial charge is 0.334 e. The molecule has 0 N–H and O–H groups in total. The van der Waals surface area contributed by atoms with Crippen molar-refractivity contribution in [1.29, 1.82) is 0 Å². The van der Waals surface area contributed by atoms with Crippen LogP contribution in [0.15, 0.2) is 12.2 Å². The molecule has 0 aromatic heterocycles. The molecule has 4 rings (SSSR count). The summed E-state index contributed by atoms with van der Waals surface area (Å²) in [7, 11) is 0. The molecule has 0 aromatic carbocycles. The van der Waals surface area contributed by atoms with Crippen molar-refractivity contribution >= 4 is 5.97 Å². The zero-order chi connectivity index (χ0) is 17.1. The zero-order valence-corrected chi connectivity index (χ0v) is 15.1. The predicted octanol–water partition coefficient (Wildman–Crippen LogP) is 3.64. The van der Waals surface area contributed by atoms with Gasteiger partial charge in [0.1, 0.15) is 6.10 Å².